The van der Waals surface area contributed by atoms with Crippen molar-refractivity contribution in [1.82, 2.24) is 9.80 Å². The van der Waals surface area contributed by atoms with Gasteiger partial charge in [0.15, 0.2) is 0 Å². The number of carbonyl (C=O) groups excluding carboxylic acids is 3. The van der Waals surface area contributed by atoms with Gasteiger partial charge in [0, 0.05) is 45.1 Å². The van der Waals surface area contributed by atoms with Crippen molar-refractivity contribution < 1.29 is 28.6 Å². The van der Waals surface area contributed by atoms with Crippen LogP contribution >= 0.6 is 0 Å². The number of ether oxygens (including phenoxy) is 3. The van der Waals surface area contributed by atoms with Crippen LogP contribution in [0.1, 0.15) is 195 Å². The van der Waals surface area contributed by atoms with Crippen molar-refractivity contribution in [1.29, 1.82) is 0 Å². The molecule has 0 amide bonds. The van der Waals surface area contributed by atoms with Gasteiger partial charge in [0.25, 0.3) is 0 Å². The standard InChI is InChI=1S/C47H86N2O6/c1-7-9-11-13-15-23-29-39-53-44(50)33-27-21-17-19-25-31-43(55-46(52)47(4,5)41-42(3)49-37-35-48(6)36-38-49)32-26-20-18-22-28-34-45(51)54-40-30-24-16-14-12-10-8-2/h23-24,29-30,42-43H,7-22,25-28,31-41H2,1-6H3/b29-23-,30-24-. The molecule has 1 aliphatic rings. The summed E-state index contributed by atoms with van der Waals surface area (Å²) in [5.41, 5.74) is -0.543. The minimum atomic E-state index is -0.543. The van der Waals surface area contributed by atoms with Crippen LogP contribution in [-0.2, 0) is 28.6 Å². The molecular formula is C47H86N2O6. The predicted molar refractivity (Wildman–Crippen MR) is 229 cm³/mol. The summed E-state index contributed by atoms with van der Waals surface area (Å²) in [5, 5.41) is 0. The van der Waals surface area contributed by atoms with Gasteiger partial charge in [0.05, 0.1) is 5.41 Å². The molecule has 0 aromatic carbocycles. The zero-order valence-corrected chi connectivity index (χ0v) is 36.7. The Bertz CT molecular complexity index is 967. The SMILES string of the molecule is CCCCCC/C=C\COC(=O)CCCCCCCC(CCCCCCCC(=O)OC/C=C\CCCCCC)OC(=O)C(C)(C)CC(C)N1CCN(C)CC1. The number of piperazine rings is 1. The number of hydrogen-bond acceptors (Lipinski definition) is 8. The van der Waals surface area contributed by atoms with Crippen molar-refractivity contribution >= 4 is 17.9 Å². The number of likely N-dealkylation sites (N-methyl/N-ethyl adjacent to an activating group) is 1. The van der Waals surface area contributed by atoms with Gasteiger partial charge in [0.1, 0.15) is 19.3 Å². The van der Waals surface area contributed by atoms with E-state index in [0.29, 0.717) is 32.1 Å². The second-order valence-electron chi connectivity index (χ2n) is 16.9. The molecule has 1 saturated heterocycles. The molecule has 8 heteroatoms. The Hall–Kier alpha value is -2.19. The van der Waals surface area contributed by atoms with Gasteiger partial charge >= 0.3 is 17.9 Å². The maximum absolute atomic E-state index is 13.6. The lowest BCUT2D eigenvalue weighted by Gasteiger charge is -2.39. The van der Waals surface area contributed by atoms with E-state index < -0.39 is 5.41 Å². The number of nitrogens with zero attached hydrogens (tertiary/aromatic N) is 2. The molecule has 0 aromatic heterocycles. The minimum Gasteiger partial charge on any atom is -0.462 e. The van der Waals surface area contributed by atoms with Gasteiger partial charge in [-0.05, 0) is 98.4 Å². The first kappa shape index (κ1) is 50.8. The molecule has 55 heavy (non-hydrogen) atoms. The van der Waals surface area contributed by atoms with Gasteiger partial charge in [-0.3, -0.25) is 19.3 Å². The summed E-state index contributed by atoms with van der Waals surface area (Å²) in [6.07, 6.45) is 33.7. The van der Waals surface area contributed by atoms with Crippen LogP contribution in [0, 0.1) is 5.41 Å². The third-order valence-electron chi connectivity index (χ3n) is 11.1. The number of unbranched alkanes of at least 4 members (excludes halogenated alkanes) is 16. The van der Waals surface area contributed by atoms with E-state index in [0.717, 1.165) is 122 Å². The Morgan fingerprint density at radius 2 is 1.04 bits per heavy atom. The minimum absolute atomic E-state index is 0.0740. The van der Waals surface area contributed by atoms with Crippen LogP contribution in [0.2, 0.25) is 0 Å². The van der Waals surface area contributed by atoms with E-state index in [1.165, 1.54) is 51.4 Å². The molecular weight excluding hydrogens is 689 g/mol. The van der Waals surface area contributed by atoms with Crippen molar-refractivity contribution in [3.63, 3.8) is 0 Å². The molecule has 0 radical (unpaired) electrons. The third kappa shape index (κ3) is 28.8. The van der Waals surface area contributed by atoms with Crippen molar-refractivity contribution in [2.75, 3.05) is 46.4 Å². The van der Waals surface area contributed by atoms with Gasteiger partial charge in [-0.1, -0.05) is 115 Å². The molecule has 0 N–H and O–H groups in total. The summed E-state index contributed by atoms with van der Waals surface area (Å²) < 4.78 is 17.0. The number of carbonyl (C=O) groups is 3. The Labute approximate surface area is 338 Å². The lowest BCUT2D eigenvalue weighted by atomic mass is 9.85. The van der Waals surface area contributed by atoms with Gasteiger partial charge < -0.3 is 19.1 Å². The molecule has 0 spiro atoms. The van der Waals surface area contributed by atoms with Crippen LogP contribution in [0.25, 0.3) is 0 Å². The molecule has 1 heterocycles. The quantitative estimate of drug-likeness (QED) is 0.0272. The van der Waals surface area contributed by atoms with E-state index in [-0.39, 0.29) is 24.0 Å². The fraction of sp³-hybridized carbons (Fsp3) is 0.851. The molecule has 0 saturated carbocycles. The highest BCUT2D eigenvalue weighted by Crippen LogP contribution is 2.29. The average Bonchev–Trinajstić information content (AvgIpc) is 3.15. The fourth-order valence-electron chi connectivity index (χ4n) is 7.31. The Morgan fingerprint density at radius 3 is 1.51 bits per heavy atom. The number of allylic oxidation sites excluding steroid dienone is 2. The van der Waals surface area contributed by atoms with Crippen LogP contribution < -0.4 is 0 Å². The van der Waals surface area contributed by atoms with Crippen LogP contribution in [0.3, 0.4) is 0 Å². The molecule has 1 atom stereocenters. The summed E-state index contributed by atoms with van der Waals surface area (Å²) in [4.78, 5) is 42.7. The van der Waals surface area contributed by atoms with Crippen LogP contribution in [0.15, 0.2) is 24.3 Å². The highest BCUT2D eigenvalue weighted by molar-refractivity contribution is 5.76. The van der Waals surface area contributed by atoms with Crippen LogP contribution in [0.5, 0.6) is 0 Å². The smallest absolute Gasteiger partial charge is 0.311 e. The zero-order valence-electron chi connectivity index (χ0n) is 36.7. The molecule has 1 unspecified atom stereocenters. The van der Waals surface area contributed by atoms with E-state index in [9.17, 15) is 14.4 Å². The van der Waals surface area contributed by atoms with E-state index in [1.54, 1.807) is 0 Å². The summed E-state index contributed by atoms with van der Waals surface area (Å²) >= 11 is 0. The molecule has 1 rings (SSSR count). The van der Waals surface area contributed by atoms with Crippen molar-refractivity contribution in [3.05, 3.63) is 24.3 Å². The topological polar surface area (TPSA) is 85.4 Å². The molecule has 0 aromatic rings. The van der Waals surface area contributed by atoms with Crippen LogP contribution in [0.4, 0.5) is 0 Å². The van der Waals surface area contributed by atoms with Crippen LogP contribution in [-0.4, -0.2) is 86.3 Å². The Balaban J connectivity index is 2.41. The molecule has 1 aliphatic heterocycles. The lowest BCUT2D eigenvalue weighted by Crippen LogP contribution is -2.49. The first-order valence-corrected chi connectivity index (χ1v) is 22.8. The average molecular weight is 775 g/mol. The summed E-state index contributed by atoms with van der Waals surface area (Å²) in [7, 11) is 2.17. The second-order valence-corrected chi connectivity index (χ2v) is 16.9. The number of hydrogen-bond donors (Lipinski definition) is 0. The van der Waals surface area contributed by atoms with E-state index in [1.807, 2.05) is 26.0 Å². The fourth-order valence-corrected chi connectivity index (χ4v) is 7.31. The maximum Gasteiger partial charge on any atom is 0.311 e. The van der Waals surface area contributed by atoms with Gasteiger partial charge in [0.2, 0.25) is 0 Å². The second kappa shape index (κ2) is 33.9. The largest absolute Gasteiger partial charge is 0.462 e. The normalized spacial score (nSPS) is 15.0. The Morgan fingerprint density at radius 1 is 0.600 bits per heavy atom. The van der Waals surface area contributed by atoms with Gasteiger partial charge in [-0.2, -0.15) is 0 Å². The predicted octanol–water partition coefficient (Wildman–Crippen LogP) is 11.6. The number of rotatable bonds is 35. The van der Waals surface area contributed by atoms with E-state index >= 15 is 0 Å². The Kier molecular flexibility index (Phi) is 31.3. The van der Waals surface area contributed by atoms with Crippen molar-refractivity contribution in [3.8, 4) is 0 Å². The number of esters is 3. The molecule has 1 fully saturated rings. The summed E-state index contributed by atoms with van der Waals surface area (Å²) in [6, 6.07) is 0.331. The van der Waals surface area contributed by atoms with Crippen molar-refractivity contribution in [2.45, 2.75) is 207 Å². The zero-order chi connectivity index (χ0) is 40.4. The molecule has 0 aliphatic carbocycles. The molecule has 320 valence electrons. The first-order valence-electron chi connectivity index (χ1n) is 22.8. The van der Waals surface area contributed by atoms with E-state index in [4.69, 9.17) is 14.2 Å². The monoisotopic (exact) mass is 775 g/mol. The summed E-state index contributed by atoms with van der Waals surface area (Å²) in [5.74, 6) is -0.292. The lowest BCUT2D eigenvalue weighted by molar-refractivity contribution is -0.161. The third-order valence-corrected chi connectivity index (χ3v) is 11.1. The van der Waals surface area contributed by atoms with E-state index in [2.05, 4.69) is 49.8 Å². The van der Waals surface area contributed by atoms with Crippen molar-refractivity contribution in [2.24, 2.45) is 5.41 Å². The highest BCUT2D eigenvalue weighted by Gasteiger charge is 2.35. The maximum atomic E-state index is 13.6. The van der Waals surface area contributed by atoms with Gasteiger partial charge in [-0.25, -0.2) is 0 Å². The molecule has 0 bridgehead atoms. The summed E-state index contributed by atoms with van der Waals surface area (Å²) in [6.45, 7) is 15.8. The first-order chi connectivity index (χ1) is 26.6. The highest BCUT2D eigenvalue weighted by atomic mass is 16.5. The molecule has 8 nitrogen and oxygen atoms in total. The van der Waals surface area contributed by atoms with Gasteiger partial charge in [-0.15, -0.1) is 0 Å².